The van der Waals surface area contributed by atoms with Crippen LogP contribution in [0.2, 0.25) is 8.87 Å². The summed E-state index contributed by atoms with van der Waals surface area (Å²) in [5.41, 5.74) is 0. The number of unbranched alkanes of at least 4 members (excludes halogenated alkanes) is 2. The van der Waals surface area contributed by atoms with E-state index in [0.717, 1.165) is 8.87 Å². The van der Waals surface area contributed by atoms with Crippen LogP contribution < -0.4 is 0 Å². The van der Waals surface area contributed by atoms with E-state index in [4.69, 9.17) is 17.8 Å². The van der Waals surface area contributed by atoms with Crippen molar-refractivity contribution in [3.63, 3.8) is 0 Å². The van der Waals surface area contributed by atoms with Crippen molar-refractivity contribution in [2.45, 2.75) is 48.4 Å². The van der Waals surface area contributed by atoms with Gasteiger partial charge in [0.15, 0.2) is 0 Å². The fourth-order valence-corrected chi connectivity index (χ4v) is 10.6. The van der Waals surface area contributed by atoms with Gasteiger partial charge in [0.25, 0.3) is 0 Å². The maximum atomic E-state index is 6.27. The molecular weight excluding hydrogens is 360 g/mol. The van der Waals surface area contributed by atoms with Gasteiger partial charge in [-0.3, -0.25) is 4.98 Å². The van der Waals surface area contributed by atoms with E-state index in [0.29, 0.717) is 0 Å². The van der Waals surface area contributed by atoms with Gasteiger partial charge in [0, 0.05) is 12.4 Å². The van der Waals surface area contributed by atoms with Crippen LogP contribution in [-0.2, 0) is 0 Å². The van der Waals surface area contributed by atoms with Crippen molar-refractivity contribution in [1.82, 2.24) is 4.98 Å². The van der Waals surface area contributed by atoms with Crippen molar-refractivity contribution >= 4 is 34.0 Å². The third-order valence-corrected chi connectivity index (χ3v) is 13.6. The van der Waals surface area contributed by atoms with Crippen LogP contribution >= 0.6 is 17.8 Å². The van der Waals surface area contributed by atoms with E-state index in [2.05, 4.69) is 18.8 Å². The second kappa shape index (κ2) is 11.6. The Morgan fingerprint density at radius 1 is 0.882 bits per heavy atom. The zero-order valence-electron chi connectivity index (χ0n) is 10.8. The molecule has 0 unspecified atom stereocenters. The average molecular weight is 383 g/mol. The molecule has 0 aliphatic heterocycles. The van der Waals surface area contributed by atoms with Crippen LogP contribution in [0.4, 0.5) is 0 Å². The van der Waals surface area contributed by atoms with Crippen LogP contribution in [0, 0.1) is 0 Å². The van der Waals surface area contributed by atoms with Gasteiger partial charge in [-0.05, 0) is 12.1 Å². The summed E-state index contributed by atoms with van der Waals surface area (Å²) in [6, 6.07) is 5.72. The van der Waals surface area contributed by atoms with E-state index in [1.807, 2.05) is 18.2 Å². The van der Waals surface area contributed by atoms with Crippen LogP contribution in [0.1, 0.15) is 39.5 Å². The molecule has 0 bridgehead atoms. The number of rotatable bonds is 6. The first-order chi connectivity index (χ1) is 8.12. The second-order valence-electron chi connectivity index (χ2n) is 4.09. The average Bonchev–Trinajstić information content (AvgIpc) is 2.37. The van der Waals surface area contributed by atoms with E-state index in [1.165, 1.54) is 25.7 Å². The molecule has 0 radical (unpaired) electrons. The Bertz CT molecular complexity index is 218. The first-order valence-corrected chi connectivity index (χ1v) is 17.6. The summed E-state index contributed by atoms with van der Waals surface area (Å²) in [6.07, 6.45) is 8.41. The summed E-state index contributed by atoms with van der Waals surface area (Å²) in [4.78, 5) is 3.78. The van der Waals surface area contributed by atoms with Gasteiger partial charge in [-0.15, -0.1) is 0 Å². The molecule has 1 heterocycles. The van der Waals surface area contributed by atoms with Gasteiger partial charge in [0.1, 0.15) is 0 Å². The normalized spacial score (nSPS) is 10.6. The molecule has 0 fully saturated rings. The quantitative estimate of drug-likeness (QED) is 0.584. The minimum absolute atomic E-state index is 1.15. The summed E-state index contributed by atoms with van der Waals surface area (Å²) in [5, 5.41) is 0. The molecule has 0 saturated heterocycles. The molecule has 98 valence electrons. The number of hydrogen-bond acceptors (Lipinski definition) is 1. The molecule has 1 aromatic heterocycles. The Hall–Kier alpha value is 0.529. The van der Waals surface area contributed by atoms with Crippen molar-refractivity contribution in [3.05, 3.63) is 30.6 Å². The molecule has 0 spiro atoms. The van der Waals surface area contributed by atoms with E-state index in [1.54, 1.807) is 12.4 Å². The molecule has 0 atom stereocenters. The number of nitrogens with zero attached hydrogens (tertiary/aromatic N) is 1. The predicted molar refractivity (Wildman–Crippen MR) is 81.1 cm³/mol. The van der Waals surface area contributed by atoms with E-state index in [-0.39, 0.29) is 0 Å². The monoisotopic (exact) mass is 383 g/mol. The summed E-state index contributed by atoms with van der Waals surface area (Å²) in [7, 11) is 12.5. The summed E-state index contributed by atoms with van der Waals surface area (Å²) in [6.45, 7) is 4.38. The largest absolute Gasteiger partial charge is 0.265 e. The molecule has 0 aliphatic rings. The summed E-state index contributed by atoms with van der Waals surface area (Å²) in [5.74, 6) is 0. The van der Waals surface area contributed by atoms with Gasteiger partial charge in [0.2, 0.25) is 0 Å². The number of hydrogen-bond donors (Lipinski definition) is 0. The zero-order chi connectivity index (χ0) is 13.0. The number of pyridine rings is 1. The Morgan fingerprint density at radius 3 is 1.59 bits per heavy atom. The van der Waals surface area contributed by atoms with E-state index < -0.39 is 16.1 Å². The minimum atomic E-state index is -2.49. The molecule has 0 N–H and O–H groups in total. The molecule has 4 heteroatoms. The van der Waals surface area contributed by atoms with Crippen LogP contribution in [0.3, 0.4) is 0 Å². The molecule has 1 aromatic rings. The molecule has 1 nitrogen and oxygen atoms in total. The standard InChI is InChI=1S/C5H5N.2C4H9.2ClH.Sn/c1-2-4-6-5-3-1;2*1-3-4-2;;;/h1-5H;2*1,3-4H2,2H3;2*1H;/q;;;;;+2/p-2. The van der Waals surface area contributed by atoms with Gasteiger partial charge in [0.05, 0.1) is 0 Å². The first-order valence-electron chi connectivity index (χ1n) is 6.35. The van der Waals surface area contributed by atoms with E-state index >= 15 is 0 Å². The minimum Gasteiger partial charge on any atom is -0.265 e. The molecule has 0 saturated carbocycles. The van der Waals surface area contributed by atoms with Crippen LogP contribution in [0.15, 0.2) is 30.6 Å². The molecule has 0 amide bonds. The van der Waals surface area contributed by atoms with Crippen LogP contribution in [0.5, 0.6) is 0 Å². The summed E-state index contributed by atoms with van der Waals surface area (Å²) < 4.78 is 2.29. The van der Waals surface area contributed by atoms with Gasteiger partial charge in [-0.1, -0.05) is 6.07 Å². The third-order valence-electron chi connectivity index (χ3n) is 2.36. The molecular formula is C13H23Cl2NSn. The smallest absolute Gasteiger partial charge is 0.0267 e. The number of halogens is 2. The van der Waals surface area contributed by atoms with Gasteiger partial charge in [-0.25, -0.2) is 0 Å². The van der Waals surface area contributed by atoms with E-state index in [9.17, 15) is 0 Å². The maximum absolute atomic E-state index is 6.27. The fraction of sp³-hybridized carbons (Fsp3) is 0.615. The Morgan fingerprint density at radius 2 is 1.35 bits per heavy atom. The Balaban J connectivity index is 0.000000354. The maximum Gasteiger partial charge on any atom is 0.0267 e. The van der Waals surface area contributed by atoms with Crippen molar-refractivity contribution in [2.75, 3.05) is 0 Å². The molecule has 17 heavy (non-hydrogen) atoms. The molecule has 0 aliphatic carbocycles. The molecule has 1 rings (SSSR count). The second-order valence-corrected chi connectivity index (χ2v) is 22.8. The Labute approximate surface area is 117 Å². The van der Waals surface area contributed by atoms with Gasteiger partial charge >= 0.3 is 82.4 Å². The van der Waals surface area contributed by atoms with Crippen LogP contribution in [-0.4, -0.2) is 21.1 Å². The Kier molecular flexibility index (Phi) is 12.0. The van der Waals surface area contributed by atoms with Gasteiger partial charge < -0.3 is 0 Å². The van der Waals surface area contributed by atoms with Gasteiger partial charge in [-0.2, -0.15) is 0 Å². The van der Waals surface area contributed by atoms with Crippen LogP contribution in [0.25, 0.3) is 0 Å². The van der Waals surface area contributed by atoms with Crippen molar-refractivity contribution < 1.29 is 0 Å². The predicted octanol–water partition coefficient (Wildman–Crippen LogP) is 5.59. The molecule has 0 aromatic carbocycles. The fourth-order valence-electron chi connectivity index (χ4n) is 1.31. The third kappa shape index (κ3) is 12.8. The van der Waals surface area contributed by atoms with Crippen molar-refractivity contribution in [3.8, 4) is 0 Å². The SMILES string of the molecule is CCC[CH2][Sn]([Cl])([Cl])[CH2]CCC.c1ccncc1. The zero-order valence-corrected chi connectivity index (χ0v) is 15.2. The number of aromatic nitrogens is 1. The first kappa shape index (κ1) is 17.5. The topological polar surface area (TPSA) is 12.9 Å². The summed E-state index contributed by atoms with van der Waals surface area (Å²) >= 11 is -2.49. The van der Waals surface area contributed by atoms with Crippen molar-refractivity contribution in [1.29, 1.82) is 0 Å². The van der Waals surface area contributed by atoms with Crippen molar-refractivity contribution in [2.24, 2.45) is 0 Å².